The minimum absolute atomic E-state index is 0.0117. The molecule has 178 valence electrons. The molecule has 2 amide bonds. The van der Waals surface area contributed by atoms with Crippen LogP contribution in [0.1, 0.15) is 35.3 Å². The van der Waals surface area contributed by atoms with Gasteiger partial charge in [-0.2, -0.15) is 0 Å². The van der Waals surface area contributed by atoms with Gasteiger partial charge in [0.25, 0.3) is 11.8 Å². The molecule has 0 saturated carbocycles. The van der Waals surface area contributed by atoms with Gasteiger partial charge in [0.05, 0.1) is 25.2 Å². The summed E-state index contributed by atoms with van der Waals surface area (Å²) in [4.78, 5) is 27.5. The molecule has 3 rings (SSSR count). The summed E-state index contributed by atoms with van der Waals surface area (Å²) in [6, 6.07) is 13.1. The Morgan fingerprint density at radius 1 is 1.03 bits per heavy atom. The lowest BCUT2D eigenvalue weighted by Gasteiger charge is -2.33. The molecule has 2 aromatic carbocycles. The minimum atomic E-state index is -3.10. The standard InChI is InChI=1S/C23H29N3O6S/c1-3-13-32-19-10-9-18(16-20(19)31-2)22(27)24-25-23(28)21(17-7-5-4-6-8-17)26-11-14-33(29,30)15-12-26/h4-10,16,21H,3,11-15H2,1-2H3,(H,24,27)(H,25,28). The SMILES string of the molecule is CCCOc1ccc(C(=O)NNC(=O)C(c2ccccc2)N2CCS(=O)(=O)CC2)cc1OC. The third-order valence-corrected chi connectivity index (χ3v) is 6.90. The van der Waals surface area contributed by atoms with E-state index in [0.29, 0.717) is 23.7 Å². The maximum absolute atomic E-state index is 13.1. The molecule has 1 fully saturated rings. The van der Waals surface area contributed by atoms with Crippen molar-refractivity contribution >= 4 is 21.7 Å². The summed E-state index contributed by atoms with van der Waals surface area (Å²) in [7, 11) is -1.61. The van der Waals surface area contributed by atoms with Gasteiger partial charge in [0.2, 0.25) is 0 Å². The fourth-order valence-corrected chi connectivity index (χ4v) is 4.78. The molecule has 2 aromatic rings. The second kappa shape index (κ2) is 11.2. The summed E-state index contributed by atoms with van der Waals surface area (Å²) in [6.07, 6.45) is 0.836. The van der Waals surface area contributed by atoms with Crippen LogP contribution in [0.2, 0.25) is 0 Å². The van der Waals surface area contributed by atoms with E-state index < -0.39 is 27.7 Å². The third kappa shape index (κ3) is 6.45. The van der Waals surface area contributed by atoms with E-state index in [0.717, 1.165) is 6.42 Å². The highest BCUT2D eigenvalue weighted by Crippen LogP contribution is 2.28. The predicted octanol–water partition coefficient (Wildman–Crippen LogP) is 1.72. The second-order valence-electron chi connectivity index (χ2n) is 7.66. The van der Waals surface area contributed by atoms with Gasteiger partial charge in [-0.25, -0.2) is 8.42 Å². The van der Waals surface area contributed by atoms with Gasteiger partial charge in [0.15, 0.2) is 21.3 Å². The van der Waals surface area contributed by atoms with Gasteiger partial charge in [-0.15, -0.1) is 0 Å². The van der Waals surface area contributed by atoms with E-state index in [4.69, 9.17) is 9.47 Å². The van der Waals surface area contributed by atoms with Crippen molar-refractivity contribution in [1.29, 1.82) is 0 Å². The number of nitrogens with zero attached hydrogens (tertiary/aromatic N) is 1. The number of carbonyl (C=O) groups excluding carboxylic acids is 2. The van der Waals surface area contributed by atoms with E-state index in [1.54, 1.807) is 29.2 Å². The molecule has 1 aliphatic heterocycles. The van der Waals surface area contributed by atoms with E-state index in [1.807, 2.05) is 25.1 Å². The van der Waals surface area contributed by atoms with Gasteiger partial charge >= 0.3 is 0 Å². The molecule has 0 bridgehead atoms. The number of hydrazine groups is 1. The Bertz CT molecular complexity index is 1060. The first-order chi connectivity index (χ1) is 15.8. The largest absolute Gasteiger partial charge is 0.493 e. The Labute approximate surface area is 194 Å². The summed E-state index contributed by atoms with van der Waals surface area (Å²) in [5.41, 5.74) is 5.92. The van der Waals surface area contributed by atoms with Crippen LogP contribution in [0.25, 0.3) is 0 Å². The molecule has 33 heavy (non-hydrogen) atoms. The summed E-state index contributed by atoms with van der Waals surface area (Å²) < 4.78 is 34.6. The van der Waals surface area contributed by atoms with Crippen LogP contribution < -0.4 is 20.3 Å². The number of rotatable bonds is 8. The molecule has 1 saturated heterocycles. The van der Waals surface area contributed by atoms with Gasteiger partial charge in [-0.1, -0.05) is 37.3 Å². The highest BCUT2D eigenvalue weighted by molar-refractivity contribution is 7.91. The lowest BCUT2D eigenvalue weighted by molar-refractivity contribution is -0.127. The van der Waals surface area contributed by atoms with Crippen LogP contribution in [0.15, 0.2) is 48.5 Å². The molecule has 9 nitrogen and oxygen atoms in total. The van der Waals surface area contributed by atoms with Gasteiger partial charge in [-0.05, 0) is 30.2 Å². The Kier molecular flexibility index (Phi) is 8.29. The normalized spacial score (nSPS) is 16.4. The monoisotopic (exact) mass is 475 g/mol. The lowest BCUT2D eigenvalue weighted by atomic mass is 10.0. The number of hydrogen-bond donors (Lipinski definition) is 2. The van der Waals surface area contributed by atoms with Crippen molar-refractivity contribution in [3.05, 3.63) is 59.7 Å². The highest BCUT2D eigenvalue weighted by atomic mass is 32.2. The van der Waals surface area contributed by atoms with Crippen molar-refractivity contribution in [2.75, 3.05) is 38.3 Å². The number of sulfone groups is 1. The highest BCUT2D eigenvalue weighted by Gasteiger charge is 2.32. The van der Waals surface area contributed by atoms with Gasteiger partial charge in [-0.3, -0.25) is 25.3 Å². The van der Waals surface area contributed by atoms with Gasteiger partial charge < -0.3 is 9.47 Å². The van der Waals surface area contributed by atoms with Crippen molar-refractivity contribution in [2.45, 2.75) is 19.4 Å². The van der Waals surface area contributed by atoms with Crippen LogP contribution in [0, 0.1) is 0 Å². The Morgan fingerprint density at radius 2 is 1.73 bits per heavy atom. The van der Waals surface area contributed by atoms with Crippen molar-refractivity contribution in [3.8, 4) is 11.5 Å². The zero-order chi connectivity index (χ0) is 23.8. The summed E-state index contributed by atoms with van der Waals surface area (Å²) in [6.45, 7) is 2.98. The number of hydrogen-bond acceptors (Lipinski definition) is 7. The lowest BCUT2D eigenvalue weighted by Crippen LogP contribution is -2.51. The molecule has 1 aliphatic rings. The zero-order valence-corrected chi connectivity index (χ0v) is 19.6. The van der Waals surface area contributed by atoms with Gasteiger partial charge in [0.1, 0.15) is 6.04 Å². The number of benzene rings is 2. The zero-order valence-electron chi connectivity index (χ0n) is 18.7. The number of carbonyl (C=O) groups is 2. The van der Waals surface area contributed by atoms with E-state index in [-0.39, 0.29) is 30.2 Å². The van der Waals surface area contributed by atoms with Crippen molar-refractivity contribution in [2.24, 2.45) is 0 Å². The van der Waals surface area contributed by atoms with E-state index >= 15 is 0 Å². The van der Waals surface area contributed by atoms with Crippen molar-refractivity contribution in [1.82, 2.24) is 15.8 Å². The Hall–Kier alpha value is -3.11. The van der Waals surface area contributed by atoms with Crippen LogP contribution in [-0.4, -0.2) is 63.4 Å². The van der Waals surface area contributed by atoms with Crippen LogP contribution in [-0.2, 0) is 14.6 Å². The number of nitrogens with one attached hydrogen (secondary N) is 2. The average Bonchev–Trinajstić information content (AvgIpc) is 2.83. The summed E-state index contributed by atoms with van der Waals surface area (Å²) in [5.74, 6) is -0.0477. The van der Waals surface area contributed by atoms with Gasteiger partial charge in [0, 0.05) is 18.7 Å². The average molecular weight is 476 g/mol. The Balaban J connectivity index is 1.70. The minimum Gasteiger partial charge on any atom is -0.493 e. The first-order valence-electron chi connectivity index (χ1n) is 10.7. The second-order valence-corrected chi connectivity index (χ2v) is 9.96. The molecule has 0 radical (unpaired) electrons. The first-order valence-corrected chi connectivity index (χ1v) is 12.6. The molecule has 10 heteroatoms. The van der Waals surface area contributed by atoms with Crippen LogP contribution in [0.3, 0.4) is 0 Å². The van der Waals surface area contributed by atoms with E-state index in [9.17, 15) is 18.0 Å². The maximum Gasteiger partial charge on any atom is 0.269 e. The molecule has 2 N–H and O–H groups in total. The molecule has 0 spiro atoms. The molecule has 0 aliphatic carbocycles. The number of amides is 2. The molecule has 1 atom stereocenters. The summed E-state index contributed by atoms with van der Waals surface area (Å²) >= 11 is 0. The van der Waals surface area contributed by atoms with E-state index in [2.05, 4.69) is 10.9 Å². The molecular formula is C23H29N3O6S. The number of ether oxygens (including phenoxy) is 2. The summed E-state index contributed by atoms with van der Waals surface area (Å²) in [5, 5.41) is 0. The topological polar surface area (TPSA) is 114 Å². The van der Waals surface area contributed by atoms with Crippen LogP contribution in [0.4, 0.5) is 0 Å². The Morgan fingerprint density at radius 3 is 2.36 bits per heavy atom. The fourth-order valence-electron chi connectivity index (χ4n) is 3.55. The fraction of sp³-hybridized carbons (Fsp3) is 0.391. The van der Waals surface area contributed by atoms with Crippen LogP contribution >= 0.6 is 0 Å². The quantitative estimate of drug-likeness (QED) is 0.559. The van der Waals surface area contributed by atoms with Crippen molar-refractivity contribution < 1.29 is 27.5 Å². The van der Waals surface area contributed by atoms with E-state index in [1.165, 1.54) is 13.2 Å². The smallest absolute Gasteiger partial charge is 0.269 e. The molecule has 1 heterocycles. The molecular weight excluding hydrogens is 446 g/mol. The molecule has 0 aromatic heterocycles. The maximum atomic E-state index is 13.1. The first kappa shape index (κ1) is 24.5. The molecule has 1 unspecified atom stereocenters. The van der Waals surface area contributed by atoms with Crippen molar-refractivity contribution in [3.63, 3.8) is 0 Å². The third-order valence-electron chi connectivity index (χ3n) is 5.29. The number of methoxy groups -OCH3 is 1. The predicted molar refractivity (Wildman–Crippen MR) is 124 cm³/mol. The van der Waals surface area contributed by atoms with Crippen LogP contribution in [0.5, 0.6) is 11.5 Å².